The molecule has 6 nitrogen and oxygen atoms in total. The predicted molar refractivity (Wildman–Crippen MR) is 120 cm³/mol. The first-order valence-electron chi connectivity index (χ1n) is 9.67. The van der Waals surface area contributed by atoms with Gasteiger partial charge in [0.2, 0.25) is 0 Å². The number of nitrogens with zero attached hydrogens (tertiary/aromatic N) is 1. The lowest BCUT2D eigenvalue weighted by molar-refractivity contribution is 0.102. The van der Waals surface area contributed by atoms with Crippen molar-refractivity contribution in [2.75, 3.05) is 30.7 Å². The van der Waals surface area contributed by atoms with Crippen molar-refractivity contribution in [3.63, 3.8) is 0 Å². The van der Waals surface area contributed by atoms with Gasteiger partial charge in [0.25, 0.3) is 15.9 Å². The van der Waals surface area contributed by atoms with Gasteiger partial charge in [-0.05, 0) is 74.6 Å². The highest BCUT2D eigenvalue weighted by molar-refractivity contribution is 7.92. The monoisotopic (exact) mass is 441 g/mol. The van der Waals surface area contributed by atoms with Crippen LogP contribution >= 0.6 is 0 Å². The van der Waals surface area contributed by atoms with Crippen molar-refractivity contribution in [3.8, 4) is 0 Å². The lowest BCUT2D eigenvalue weighted by Gasteiger charge is -2.11. The Hall–Kier alpha value is -3.23. The standard InChI is InChI=1S/C23H24FN3O3S/c1-27(2)16-15-17-7-11-19(12-8-17)25-23(28)18-9-13-20(14-10-18)31(29,30)26-22-6-4-3-5-21(22)24/h3-14,26H,15-16H2,1-2H3,(H,25,28). The van der Waals surface area contributed by atoms with Gasteiger partial charge in [0.05, 0.1) is 10.6 Å². The van der Waals surface area contributed by atoms with Gasteiger partial charge in [-0.25, -0.2) is 12.8 Å². The Labute approximate surface area is 181 Å². The van der Waals surface area contributed by atoms with E-state index in [1.54, 1.807) is 0 Å². The number of hydrogen-bond donors (Lipinski definition) is 2. The number of carbonyl (C=O) groups excluding carboxylic acids is 1. The third kappa shape index (κ3) is 6.13. The molecule has 0 atom stereocenters. The lowest BCUT2D eigenvalue weighted by Crippen LogP contribution is -2.16. The Kier molecular flexibility index (Phi) is 7.04. The molecule has 0 saturated carbocycles. The van der Waals surface area contributed by atoms with Crippen molar-refractivity contribution in [1.29, 1.82) is 0 Å². The van der Waals surface area contributed by atoms with Gasteiger partial charge in [-0.2, -0.15) is 0 Å². The van der Waals surface area contributed by atoms with E-state index in [0.29, 0.717) is 11.3 Å². The minimum Gasteiger partial charge on any atom is -0.322 e. The first-order valence-corrected chi connectivity index (χ1v) is 11.2. The smallest absolute Gasteiger partial charge is 0.261 e. The third-order valence-electron chi connectivity index (χ3n) is 4.60. The largest absolute Gasteiger partial charge is 0.322 e. The predicted octanol–water partition coefficient (Wildman–Crippen LogP) is 3.98. The van der Waals surface area contributed by atoms with Gasteiger partial charge in [-0.3, -0.25) is 9.52 Å². The highest BCUT2D eigenvalue weighted by Gasteiger charge is 2.17. The van der Waals surface area contributed by atoms with Gasteiger partial charge in [0.15, 0.2) is 0 Å². The number of nitrogens with one attached hydrogen (secondary N) is 2. The summed E-state index contributed by atoms with van der Waals surface area (Å²) < 4.78 is 40.9. The SMILES string of the molecule is CN(C)CCc1ccc(NC(=O)c2ccc(S(=O)(=O)Nc3ccccc3F)cc2)cc1. The zero-order chi connectivity index (χ0) is 22.4. The molecule has 0 bridgehead atoms. The number of benzene rings is 3. The summed E-state index contributed by atoms with van der Waals surface area (Å²) in [5.41, 5.74) is 1.99. The summed E-state index contributed by atoms with van der Waals surface area (Å²) in [5, 5.41) is 2.79. The van der Waals surface area contributed by atoms with Crippen LogP contribution in [0, 0.1) is 5.82 Å². The fraction of sp³-hybridized carbons (Fsp3) is 0.174. The second-order valence-corrected chi connectivity index (χ2v) is 9.00. The van der Waals surface area contributed by atoms with Crippen molar-refractivity contribution < 1.29 is 17.6 Å². The van der Waals surface area contributed by atoms with E-state index in [0.717, 1.165) is 13.0 Å². The van der Waals surface area contributed by atoms with E-state index in [2.05, 4.69) is 14.9 Å². The zero-order valence-corrected chi connectivity index (χ0v) is 18.1. The van der Waals surface area contributed by atoms with Crippen molar-refractivity contribution in [1.82, 2.24) is 4.90 Å². The minimum atomic E-state index is -3.98. The second-order valence-electron chi connectivity index (χ2n) is 7.31. The maximum absolute atomic E-state index is 13.7. The summed E-state index contributed by atoms with van der Waals surface area (Å²) in [6.07, 6.45) is 0.915. The van der Waals surface area contributed by atoms with Crippen LogP contribution in [0.1, 0.15) is 15.9 Å². The summed E-state index contributed by atoms with van der Waals surface area (Å²) in [6.45, 7) is 0.937. The molecule has 8 heteroatoms. The molecule has 0 fully saturated rings. The summed E-state index contributed by atoms with van der Waals surface area (Å²) >= 11 is 0. The number of sulfonamides is 1. The van der Waals surface area contributed by atoms with Crippen LogP contribution in [0.15, 0.2) is 77.7 Å². The molecule has 3 aromatic rings. The van der Waals surface area contributed by atoms with E-state index in [-0.39, 0.29) is 16.5 Å². The van der Waals surface area contributed by atoms with Crippen LogP contribution < -0.4 is 10.0 Å². The summed E-state index contributed by atoms with van der Waals surface area (Å²) in [7, 11) is 0.0512. The summed E-state index contributed by atoms with van der Waals surface area (Å²) in [5.74, 6) is -1.03. The number of likely N-dealkylation sites (N-methyl/N-ethyl adjacent to an activating group) is 1. The average Bonchev–Trinajstić information content (AvgIpc) is 2.75. The molecule has 3 rings (SSSR count). The molecule has 162 valence electrons. The normalized spacial score (nSPS) is 11.4. The van der Waals surface area contributed by atoms with Gasteiger partial charge in [-0.15, -0.1) is 0 Å². The number of para-hydroxylation sites is 1. The number of amides is 1. The van der Waals surface area contributed by atoms with Crippen LogP contribution in [0.2, 0.25) is 0 Å². The Bertz CT molecular complexity index is 1150. The molecule has 0 saturated heterocycles. The first-order chi connectivity index (χ1) is 14.7. The van der Waals surface area contributed by atoms with Gasteiger partial charge in [0, 0.05) is 17.8 Å². The molecule has 0 spiro atoms. The van der Waals surface area contributed by atoms with Crippen molar-refractivity contribution in [2.24, 2.45) is 0 Å². The maximum Gasteiger partial charge on any atom is 0.261 e. The lowest BCUT2D eigenvalue weighted by atomic mass is 10.1. The second kappa shape index (κ2) is 9.72. The quantitative estimate of drug-likeness (QED) is 0.554. The first kappa shape index (κ1) is 22.5. The van der Waals surface area contributed by atoms with Gasteiger partial charge >= 0.3 is 0 Å². The van der Waals surface area contributed by atoms with E-state index in [1.165, 1.54) is 54.1 Å². The molecule has 2 N–H and O–H groups in total. The zero-order valence-electron chi connectivity index (χ0n) is 17.3. The summed E-state index contributed by atoms with van der Waals surface area (Å²) in [6, 6.07) is 18.5. The molecule has 0 radical (unpaired) electrons. The van der Waals surface area contributed by atoms with Crippen molar-refractivity contribution in [3.05, 3.63) is 89.7 Å². The molecule has 31 heavy (non-hydrogen) atoms. The Morgan fingerprint density at radius 1 is 0.935 bits per heavy atom. The number of carbonyl (C=O) groups is 1. The van der Waals surface area contributed by atoms with E-state index in [9.17, 15) is 17.6 Å². The molecule has 0 heterocycles. The number of rotatable bonds is 8. The van der Waals surface area contributed by atoms with Crippen molar-refractivity contribution in [2.45, 2.75) is 11.3 Å². The van der Waals surface area contributed by atoms with E-state index < -0.39 is 15.8 Å². The Morgan fingerprint density at radius 2 is 1.58 bits per heavy atom. The van der Waals surface area contributed by atoms with Gasteiger partial charge < -0.3 is 10.2 Å². The fourth-order valence-electron chi connectivity index (χ4n) is 2.84. The van der Waals surface area contributed by atoms with Crippen LogP contribution in [0.4, 0.5) is 15.8 Å². The molecular weight excluding hydrogens is 417 g/mol. The molecule has 3 aromatic carbocycles. The van der Waals surface area contributed by atoms with E-state index in [1.807, 2.05) is 38.4 Å². The third-order valence-corrected chi connectivity index (χ3v) is 5.99. The van der Waals surface area contributed by atoms with E-state index >= 15 is 0 Å². The Balaban J connectivity index is 1.65. The molecule has 0 aliphatic heterocycles. The van der Waals surface area contributed by atoms with Crippen molar-refractivity contribution >= 4 is 27.3 Å². The van der Waals surface area contributed by atoms with Crippen LogP contribution in [0.25, 0.3) is 0 Å². The fourth-order valence-corrected chi connectivity index (χ4v) is 3.91. The van der Waals surface area contributed by atoms with Crippen LogP contribution in [0.5, 0.6) is 0 Å². The number of halogens is 1. The number of anilines is 2. The van der Waals surface area contributed by atoms with Crippen LogP contribution in [0.3, 0.4) is 0 Å². The molecule has 0 aliphatic carbocycles. The van der Waals surface area contributed by atoms with Crippen LogP contribution in [-0.4, -0.2) is 39.9 Å². The molecule has 0 aliphatic rings. The van der Waals surface area contributed by atoms with E-state index in [4.69, 9.17) is 0 Å². The Morgan fingerprint density at radius 3 is 2.19 bits per heavy atom. The molecular formula is C23H24FN3O3S. The van der Waals surface area contributed by atoms with Gasteiger partial charge in [0.1, 0.15) is 5.82 Å². The maximum atomic E-state index is 13.7. The number of hydrogen-bond acceptors (Lipinski definition) is 4. The molecule has 1 amide bonds. The highest BCUT2D eigenvalue weighted by Crippen LogP contribution is 2.20. The topological polar surface area (TPSA) is 78.5 Å². The highest BCUT2D eigenvalue weighted by atomic mass is 32.2. The average molecular weight is 442 g/mol. The summed E-state index contributed by atoms with van der Waals surface area (Å²) in [4.78, 5) is 14.5. The van der Waals surface area contributed by atoms with Gasteiger partial charge in [-0.1, -0.05) is 24.3 Å². The minimum absolute atomic E-state index is 0.0717. The molecule has 0 unspecified atom stereocenters. The molecule has 0 aromatic heterocycles. The van der Waals surface area contributed by atoms with Crippen LogP contribution in [-0.2, 0) is 16.4 Å².